The summed E-state index contributed by atoms with van der Waals surface area (Å²) in [5.74, 6) is 0.867. The van der Waals surface area contributed by atoms with E-state index in [0.29, 0.717) is 27.6 Å². The van der Waals surface area contributed by atoms with Crippen molar-refractivity contribution in [1.29, 1.82) is 0 Å². The van der Waals surface area contributed by atoms with Crippen molar-refractivity contribution in [3.8, 4) is 0 Å². The zero-order valence-electron chi connectivity index (χ0n) is 16.6. The lowest BCUT2D eigenvalue weighted by atomic mass is 9.92. The highest BCUT2D eigenvalue weighted by atomic mass is 35.5. The van der Waals surface area contributed by atoms with Gasteiger partial charge in [0.15, 0.2) is 0 Å². The van der Waals surface area contributed by atoms with E-state index in [1.54, 1.807) is 18.2 Å². The lowest BCUT2D eigenvalue weighted by molar-refractivity contribution is -0.139. The van der Waals surface area contributed by atoms with E-state index >= 15 is 0 Å². The smallest absolute Gasteiger partial charge is 0.241 e. The van der Waals surface area contributed by atoms with E-state index in [1.807, 2.05) is 11.8 Å². The van der Waals surface area contributed by atoms with Crippen molar-refractivity contribution in [2.75, 3.05) is 31.5 Å². The van der Waals surface area contributed by atoms with Crippen LogP contribution in [0, 0.1) is 11.8 Å². The van der Waals surface area contributed by atoms with Crippen molar-refractivity contribution in [3.63, 3.8) is 0 Å². The molecule has 2 aliphatic heterocycles. The third-order valence-electron chi connectivity index (χ3n) is 5.96. The van der Waals surface area contributed by atoms with Gasteiger partial charge in [0.25, 0.3) is 0 Å². The Morgan fingerprint density at radius 2 is 1.86 bits per heavy atom. The van der Waals surface area contributed by atoms with Crippen LogP contribution in [-0.2, 0) is 9.59 Å². The molecule has 28 heavy (non-hydrogen) atoms. The van der Waals surface area contributed by atoms with E-state index in [9.17, 15) is 9.59 Å². The molecule has 2 saturated heterocycles. The molecule has 154 valence electrons. The maximum absolute atomic E-state index is 12.8. The number of rotatable bonds is 4. The fourth-order valence-corrected chi connectivity index (χ4v) is 4.51. The summed E-state index contributed by atoms with van der Waals surface area (Å²) in [6.07, 6.45) is 3.93. The van der Waals surface area contributed by atoms with E-state index in [4.69, 9.17) is 23.2 Å². The summed E-state index contributed by atoms with van der Waals surface area (Å²) >= 11 is 12.1. The number of piperidine rings is 2. The fraction of sp³-hybridized carbons (Fsp3) is 0.619. The number of likely N-dealkylation sites (tertiary alicyclic amines) is 2. The number of carbonyl (C=O) groups is 2. The Balaban J connectivity index is 1.51. The lowest BCUT2D eigenvalue weighted by Gasteiger charge is -2.38. The molecule has 3 rings (SSSR count). The van der Waals surface area contributed by atoms with Gasteiger partial charge in [-0.15, -0.1) is 0 Å². The molecule has 0 radical (unpaired) electrons. The van der Waals surface area contributed by atoms with Crippen molar-refractivity contribution < 1.29 is 9.59 Å². The molecule has 1 aromatic carbocycles. The van der Waals surface area contributed by atoms with Gasteiger partial charge in [0, 0.05) is 24.0 Å². The molecule has 0 spiro atoms. The highest BCUT2D eigenvalue weighted by molar-refractivity contribution is 6.35. The highest BCUT2D eigenvalue weighted by Crippen LogP contribution is 2.27. The minimum Gasteiger partial charge on any atom is -0.342 e. The molecule has 2 unspecified atom stereocenters. The molecule has 0 bridgehead atoms. The number of nitrogens with zero attached hydrogens (tertiary/aromatic N) is 2. The number of hydrogen-bond donors (Lipinski definition) is 1. The van der Waals surface area contributed by atoms with Crippen LogP contribution in [0.4, 0.5) is 5.69 Å². The number of anilines is 1. The zero-order chi connectivity index (χ0) is 20.3. The number of benzene rings is 1. The summed E-state index contributed by atoms with van der Waals surface area (Å²) in [6.45, 7) is 7.38. The predicted octanol–water partition coefficient (Wildman–Crippen LogP) is 4.29. The molecule has 1 N–H and O–H groups in total. The number of nitrogens with one attached hydrogen (secondary N) is 1. The van der Waals surface area contributed by atoms with Crippen molar-refractivity contribution in [1.82, 2.24) is 9.80 Å². The second-order valence-electron chi connectivity index (χ2n) is 8.13. The molecule has 2 atom stereocenters. The molecular weight excluding hydrogens is 397 g/mol. The van der Waals surface area contributed by atoms with Gasteiger partial charge in [0.05, 0.1) is 16.8 Å². The van der Waals surface area contributed by atoms with Gasteiger partial charge in [-0.1, -0.05) is 30.1 Å². The first-order valence-corrected chi connectivity index (χ1v) is 10.9. The van der Waals surface area contributed by atoms with Crippen LogP contribution in [0.25, 0.3) is 0 Å². The van der Waals surface area contributed by atoms with Crippen molar-refractivity contribution >= 4 is 40.7 Å². The minimum absolute atomic E-state index is 0.0826. The van der Waals surface area contributed by atoms with Gasteiger partial charge in [-0.2, -0.15) is 0 Å². The van der Waals surface area contributed by atoms with Gasteiger partial charge in [-0.05, 0) is 69.8 Å². The Kier molecular flexibility index (Phi) is 7.24. The second kappa shape index (κ2) is 9.47. The average molecular weight is 426 g/mol. The van der Waals surface area contributed by atoms with Crippen LogP contribution in [0.2, 0.25) is 10.0 Å². The predicted molar refractivity (Wildman–Crippen MR) is 114 cm³/mol. The number of halogens is 2. The molecule has 2 heterocycles. The topological polar surface area (TPSA) is 52.7 Å². The number of carbonyl (C=O) groups excluding carboxylic acids is 2. The summed E-state index contributed by atoms with van der Waals surface area (Å²) < 4.78 is 0. The van der Waals surface area contributed by atoms with Crippen LogP contribution in [0.3, 0.4) is 0 Å². The molecule has 2 aliphatic rings. The lowest BCUT2D eigenvalue weighted by Crippen LogP contribution is -2.49. The highest BCUT2D eigenvalue weighted by Gasteiger charge is 2.33. The molecule has 2 amide bonds. The first kappa shape index (κ1) is 21.4. The molecule has 2 fully saturated rings. The molecular formula is C21H29Cl2N3O2. The van der Waals surface area contributed by atoms with E-state index in [2.05, 4.69) is 17.1 Å². The Morgan fingerprint density at radius 3 is 2.54 bits per heavy atom. The van der Waals surface area contributed by atoms with Gasteiger partial charge >= 0.3 is 0 Å². The van der Waals surface area contributed by atoms with E-state index in [1.165, 1.54) is 6.42 Å². The zero-order valence-corrected chi connectivity index (χ0v) is 18.1. The second-order valence-corrected chi connectivity index (χ2v) is 8.97. The minimum atomic E-state index is -0.291. The molecule has 1 aromatic rings. The number of hydrogen-bond acceptors (Lipinski definition) is 3. The molecule has 0 saturated carbocycles. The third kappa shape index (κ3) is 5.19. The van der Waals surface area contributed by atoms with Crippen LogP contribution in [0.5, 0.6) is 0 Å². The normalized spacial score (nSPS) is 22.7. The SMILES string of the molecule is CC1CCCN(C(=O)C2CCN(C(C)C(=O)Nc3cc(Cl)ccc3Cl)CC2)C1. The fourth-order valence-electron chi connectivity index (χ4n) is 4.18. The molecule has 5 nitrogen and oxygen atoms in total. The maximum Gasteiger partial charge on any atom is 0.241 e. The Labute approximate surface area is 177 Å². The molecule has 7 heteroatoms. The van der Waals surface area contributed by atoms with Crippen LogP contribution in [0.15, 0.2) is 18.2 Å². The van der Waals surface area contributed by atoms with Gasteiger partial charge in [0.1, 0.15) is 0 Å². The van der Waals surface area contributed by atoms with E-state index in [-0.39, 0.29) is 17.9 Å². The van der Waals surface area contributed by atoms with Crippen molar-refractivity contribution in [2.45, 2.75) is 45.6 Å². The van der Waals surface area contributed by atoms with E-state index < -0.39 is 0 Å². The monoisotopic (exact) mass is 425 g/mol. The van der Waals surface area contributed by atoms with Gasteiger partial charge in [-0.25, -0.2) is 0 Å². The van der Waals surface area contributed by atoms with Gasteiger partial charge in [0.2, 0.25) is 11.8 Å². The molecule has 0 aromatic heterocycles. The standard InChI is InChI=1S/C21H29Cl2N3O2/c1-14-4-3-9-26(13-14)21(28)16-7-10-25(11-8-16)15(2)20(27)24-19-12-17(22)5-6-18(19)23/h5-6,12,14-16H,3-4,7-11,13H2,1-2H3,(H,24,27). The Hall–Kier alpha value is -1.30. The van der Waals surface area contributed by atoms with E-state index in [0.717, 1.165) is 45.4 Å². The molecule has 0 aliphatic carbocycles. The quantitative estimate of drug-likeness (QED) is 0.782. The first-order chi connectivity index (χ1) is 13.3. The van der Waals surface area contributed by atoms with Crippen molar-refractivity contribution in [2.24, 2.45) is 11.8 Å². The van der Waals surface area contributed by atoms with Crippen LogP contribution in [0.1, 0.15) is 39.5 Å². The van der Waals surface area contributed by atoms with Crippen LogP contribution >= 0.6 is 23.2 Å². The summed E-state index contributed by atoms with van der Waals surface area (Å²) in [5, 5.41) is 3.86. The number of amides is 2. The summed E-state index contributed by atoms with van der Waals surface area (Å²) in [7, 11) is 0. The first-order valence-electron chi connectivity index (χ1n) is 10.1. The van der Waals surface area contributed by atoms with Crippen molar-refractivity contribution in [3.05, 3.63) is 28.2 Å². The third-order valence-corrected chi connectivity index (χ3v) is 6.53. The summed E-state index contributed by atoms with van der Waals surface area (Å²) in [5.41, 5.74) is 0.523. The summed E-state index contributed by atoms with van der Waals surface area (Å²) in [4.78, 5) is 29.6. The maximum atomic E-state index is 12.8. The average Bonchev–Trinajstić information content (AvgIpc) is 2.69. The summed E-state index contributed by atoms with van der Waals surface area (Å²) in [6, 6.07) is 4.72. The van der Waals surface area contributed by atoms with Crippen LogP contribution < -0.4 is 5.32 Å². The van der Waals surface area contributed by atoms with Gasteiger partial charge < -0.3 is 10.2 Å². The van der Waals surface area contributed by atoms with Gasteiger partial charge in [-0.3, -0.25) is 14.5 Å². The Morgan fingerprint density at radius 1 is 1.14 bits per heavy atom. The van der Waals surface area contributed by atoms with Crippen LogP contribution in [-0.4, -0.2) is 53.8 Å². The Bertz CT molecular complexity index is 720. The largest absolute Gasteiger partial charge is 0.342 e.